The Balaban J connectivity index is 1.69. The number of hydrogen-bond donors (Lipinski definition) is 1. The molecule has 2 aliphatic carbocycles. The van der Waals surface area contributed by atoms with Crippen molar-refractivity contribution in [3.63, 3.8) is 0 Å². The van der Waals surface area contributed by atoms with Gasteiger partial charge >= 0.3 is 0 Å². The van der Waals surface area contributed by atoms with Gasteiger partial charge in [0.15, 0.2) is 0 Å². The Morgan fingerprint density at radius 1 is 1.00 bits per heavy atom. The van der Waals surface area contributed by atoms with Crippen LogP contribution in [0, 0.1) is 11.8 Å². The van der Waals surface area contributed by atoms with E-state index in [1.165, 1.54) is 24.8 Å². The normalized spacial score (nSPS) is 37.3. The van der Waals surface area contributed by atoms with Crippen molar-refractivity contribution >= 4 is 0 Å². The SMILES string of the molecule is COC1CCCC(C2CC(c3ccccc3)CCC2O)C1. The van der Waals surface area contributed by atoms with Crippen LogP contribution in [0.1, 0.15) is 56.4 Å². The van der Waals surface area contributed by atoms with Crippen molar-refractivity contribution in [2.45, 2.75) is 63.1 Å². The van der Waals surface area contributed by atoms with Crippen LogP contribution in [0.15, 0.2) is 30.3 Å². The second-order valence-corrected chi connectivity index (χ2v) is 6.94. The Morgan fingerprint density at radius 3 is 2.57 bits per heavy atom. The van der Waals surface area contributed by atoms with Gasteiger partial charge < -0.3 is 9.84 Å². The molecule has 2 fully saturated rings. The van der Waals surface area contributed by atoms with Crippen molar-refractivity contribution in [2.75, 3.05) is 7.11 Å². The molecule has 1 N–H and O–H groups in total. The van der Waals surface area contributed by atoms with E-state index in [9.17, 15) is 5.11 Å². The molecule has 5 unspecified atom stereocenters. The van der Waals surface area contributed by atoms with E-state index in [-0.39, 0.29) is 6.10 Å². The molecule has 0 aromatic heterocycles. The maximum absolute atomic E-state index is 10.5. The lowest BCUT2D eigenvalue weighted by atomic mass is 9.67. The molecule has 0 aliphatic heterocycles. The quantitative estimate of drug-likeness (QED) is 0.906. The lowest BCUT2D eigenvalue weighted by Gasteiger charge is -2.41. The molecular formula is C19H28O2. The van der Waals surface area contributed by atoms with E-state index in [0.29, 0.717) is 23.9 Å². The van der Waals surface area contributed by atoms with Gasteiger partial charge in [-0.1, -0.05) is 36.8 Å². The van der Waals surface area contributed by atoms with Crippen LogP contribution in [0.25, 0.3) is 0 Å². The third kappa shape index (κ3) is 3.49. The largest absolute Gasteiger partial charge is 0.393 e. The number of hydrogen-bond acceptors (Lipinski definition) is 2. The van der Waals surface area contributed by atoms with Gasteiger partial charge in [0.25, 0.3) is 0 Å². The lowest BCUT2D eigenvalue weighted by Crippen LogP contribution is -2.37. The molecule has 1 aromatic carbocycles. The van der Waals surface area contributed by atoms with Crippen molar-refractivity contribution in [3.8, 4) is 0 Å². The molecule has 3 rings (SSSR count). The highest BCUT2D eigenvalue weighted by Crippen LogP contribution is 2.44. The molecule has 0 heterocycles. The van der Waals surface area contributed by atoms with Crippen LogP contribution in [0.3, 0.4) is 0 Å². The standard InChI is InChI=1S/C19H28O2/c1-21-17-9-5-8-16(12-17)18-13-15(10-11-19(18)20)14-6-3-2-4-7-14/h2-4,6-7,15-20H,5,8-13H2,1H3. The number of aliphatic hydroxyl groups is 1. The Bertz CT molecular complexity index is 430. The summed E-state index contributed by atoms with van der Waals surface area (Å²) < 4.78 is 5.58. The highest BCUT2D eigenvalue weighted by atomic mass is 16.5. The van der Waals surface area contributed by atoms with Crippen molar-refractivity contribution < 1.29 is 9.84 Å². The summed E-state index contributed by atoms with van der Waals surface area (Å²) in [6.07, 6.45) is 8.38. The predicted octanol–water partition coefficient (Wildman–Crippen LogP) is 4.14. The van der Waals surface area contributed by atoms with Crippen LogP contribution >= 0.6 is 0 Å². The molecule has 2 aliphatic rings. The van der Waals surface area contributed by atoms with Gasteiger partial charge in [-0.25, -0.2) is 0 Å². The second kappa shape index (κ2) is 6.93. The molecule has 2 nitrogen and oxygen atoms in total. The summed E-state index contributed by atoms with van der Waals surface area (Å²) in [6, 6.07) is 10.9. The molecule has 116 valence electrons. The lowest BCUT2D eigenvalue weighted by molar-refractivity contribution is -0.0168. The van der Waals surface area contributed by atoms with Gasteiger partial charge in [-0.3, -0.25) is 0 Å². The van der Waals surface area contributed by atoms with E-state index >= 15 is 0 Å². The first-order valence-corrected chi connectivity index (χ1v) is 8.53. The number of benzene rings is 1. The third-order valence-corrected chi connectivity index (χ3v) is 5.74. The van der Waals surface area contributed by atoms with Crippen LogP contribution < -0.4 is 0 Å². The minimum absolute atomic E-state index is 0.106. The highest BCUT2D eigenvalue weighted by molar-refractivity contribution is 5.20. The van der Waals surface area contributed by atoms with Gasteiger partial charge in [-0.2, -0.15) is 0 Å². The molecule has 2 saturated carbocycles. The Morgan fingerprint density at radius 2 is 1.81 bits per heavy atom. The van der Waals surface area contributed by atoms with Crippen molar-refractivity contribution in [3.05, 3.63) is 35.9 Å². The van der Waals surface area contributed by atoms with Gasteiger partial charge in [0, 0.05) is 7.11 Å². The maximum atomic E-state index is 10.5. The van der Waals surface area contributed by atoms with Crippen molar-refractivity contribution in [2.24, 2.45) is 11.8 Å². The molecule has 0 spiro atoms. The van der Waals surface area contributed by atoms with Gasteiger partial charge in [0.05, 0.1) is 12.2 Å². The number of methoxy groups -OCH3 is 1. The Kier molecular flexibility index (Phi) is 4.97. The Hall–Kier alpha value is -0.860. The minimum Gasteiger partial charge on any atom is -0.393 e. The zero-order valence-electron chi connectivity index (χ0n) is 13.1. The van der Waals surface area contributed by atoms with Gasteiger partial charge in [0.2, 0.25) is 0 Å². The van der Waals surface area contributed by atoms with Crippen LogP contribution in [-0.2, 0) is 4.74 Å². The molecule has 1 aromatic rings. The fraction of sp³-hybridized carbons (Fsp3) is 0.684. The van der Waals surface area contributed by atoms with Gasteiger partial charge in [-0.15, -0.1) is 0 Å². The summed E-state index contributed by atoms with van der Waals surface area (Å²) >= 11 is 0. The maximum Gasteiger partial charge on any atom is 0.0574 e. The van der Waals surface area contributed by atoms with E-state index in [1.54, 1.807) is 0 Å². The zero-order valence-corrected chi connectivity index (χ0v) is 13.1. The fourth-order valence-corrected chi connectivity index (χ4v) is 4.51. The van der Waals surface area contributed by atoms with Crippen LogP contribution in [0.4, 0.5) is 0 Å². The van der Waals surface area contributed by atoms with E-state index in [2.05, 4.69) is 30.3 Å². The Labute approximate surface area is 128 Å². The van der Waals surface area contributed by atoms with E-state index < -0.39 is 0 Å². The first kappa shape index (κ1) is 15.1. The molecule has 5 atom stereocenters. The fourth-order valence-electron chi connectivity index (χ4n) is 4.51. The predicted molar refractivity (Wildman–Crippen MR) is 85.3 cm³/mol. The average Bonchev–Trinajstić information content (AvgIpc) is 2.56. The van der Waals surface area contributed by atoms with Crippen LogP contribution in [-0.4, -0.2) is 24.4 Å². The molecular weight excluding hydrogens is 260 g/mol. The summed E-state index contributed by atoms with van der Waals surface area (Å²) in [6.45, 7) is 0. The zero-order chi connectivity index (χ0) is 14.7. The topological polar surface area (TPSA) is 29.5 Å². The molecule has 0 amide bonds. The molecule has 0 saturated heterocycles. The monoisotopic (exact) mass is 288 g/mol. The van der Waals surface area contributed by atoms with E-state index in [1.807, 2.05) is 7.11 Å². The van der Waals surface area contributed by atoms with Crippen molar-refractivity contribution in [1.82, 2.24) is 0 Å². The number of ether oxygens (including phenoxy) is 1. The summed E-state index contributed by atoms with van der Waals surface area (Å²) in [5.74, 6) is 1.73. The summed E-state index contributed by atoms with van der Waals surface area (Å²) in [5.41, 5.74) is 1.45. The third-order valence-electron chi connectivity index (χ3n) is 5.74. The summed E-state index contributed by atoms with van der Waals surface area (Å²) in [7, 11) is 1.83. The van der Waals surface area contributed by atoms with E-state index in [0.717, 1.165) is 25.7 Å². The average molecular weight is 288 g/mol. The van der Waals surface area contributed by atoms with Gasteiger partial charge in [0.1, 0.15) is 0 Å². The smallest absolute Gasteiger partial charge is 0.0574 e. The minimum atomic E-state index is -0.106. The molecule has 0 bridgehead atoms. The molecule has 2 heteroatoms. The number of rotatable bonds is 3. The summed E-state index contributed by atoms with van der Waals surface area (Å²) in [5, 5.41) is 10.5. The first-order chi connectivity index (χ1) is 10.3. The van der Waals surface area contributed by atoms with Gasteiger partial charge in [-0.05, 0) is 61.8 Å². The van der Waals surface area contributed by atoms with E-state index in [4.69, 9.17) is 4.74 Å². The second-order valence-electron chi connectivity index (χ2n) is 6.94. The molecule has 21 heavy (non-hydrogen) atoms. The highest BCUT2D eigenvalue weighted by Gasteiger charge is 2.37. The summed E-state index contributed by atoms with van der Waals surface area (Å²) in [4.78, 5) is 0. The first-order valence-electron chi connectivity index (χ1n) is 8.53. The molecule has 0 radical (unpaired) electrons. The van der Waals surface area contributed by atoms with Crippen molar-refractivity contribution in [1.29, 1.82) is 0 Å². The van der Waals surface area contributed by atoms with Crippen LogP contribution in [0.5, 0.6) is 0 Å². The number of aliphatic hydroxyl groups excluding tert-OH is 1. The van der Waals surface area contributed by atoms with Crippen LogP contribution in [0.2, 0.25) is 0 Å².